The molecule has 0 aliphatic carbocycles. The molecular weight excluding hydrogens is 244 g/mol. The Labute approximate surface area is 99.9 Å². The molecule has 0 fully saturated rings. The minimum absolute atomic E-state index is 0.0216. The quantitative estimate of drug-likeness (QED) is 0.766. The molecule has 17 heavy (non-hydrogen) atoms. The molecule has 2 N–H and O–H groups in total. The second kappa shape index (κ2) is 4.82. The van der Waals surface area contributed by atoms with Crippen LogP contribution in [0.3, 0.4) is 0 Å². The lowest BCUT2D eigenvalue weighted by Crippen LogP contribution is -2.36. The van der Waals surface area contributed by atoms with Gasteiger partial charge in [-0.3, -0.25) is 0 Å². The molecule has 0 amide bonds. The summed E-state index contributed by atoms with van der Waals surface area (Å²) in [6.07, 6.45) is 0. The van der Waals surface area contributed by atoms with Crippen molar-refractivity contribution in [2.75, 3.05) is 14.1 Å². The molecule has 0 aliphatic rings. The van der Waals surface area contributed by atoms with Gasteiger partial charge in [0.15, 0.2) is 0 Å². The first-order chi connectivity index (χ1) is 7.74. The largest absolute Gasteiger partial charge is 0.478 e. The van der Waals surface area contributed by atoms with Crippen LogP contribution in [0.15, 0.2) is 23.1 Å². The van der Waals surface area contributed by atoms with E-state index >= 15 is 0 Å². The number of sulfonamides is 1. The molecule has 0 aromatic heterocycles. The number of rotatable bonds is 4. The van der Waals surface area contributed by atoms with E-state index in [0.717, 1.165) is 6.07 Å². The van der Waals surface area contributed by atoms with Crippen molar-refractivity contribution in [1.29, 1.82) is 0 Å². The van der Waals surface area contributed by atoms with Crippen molar-refractivity contribution in [3.8, 4) is 0 Å². The number of hydrogen-bond donors (Lipinski definition) is 2. The maximum atomic E-state index is 11.8. The van der Waals surface area contributed by atoms with E-state index in [0.29, 0.717) is 5.56 Å². The summed E-state index contributed by atoms with van der Waals surface area (Å²) >= 11 is 0. The third kappa shape index (κ3) is 3.26. The van der Waals surface area contributed by atoms with E-state index in [-0.39, 0.29) is 10.5 Å². The van der Waals surface area contributed by atoms with E-state index in [1.807, 2.05) is 0 Å². The second-order valence-corrected chi connectivity index (χ2v) is 5.43. The number of carbonyl (C=O) groups is 1. The predicted molar refractivity (Wildman–Crippen MR) is 62.1 cm³/mol. The van der Waals surface area contributed by atoms with E-state index in [1.54, 1.807) is 6.92 Å². The molecule has 0 saturated heterocycles. The Morgan fingerprint density at radius 2 is 1.94 bits per heavy atom. The molecule has 7 heteroatoms. The fourth-order valence-corrected chi connectivity index (χ4v) is 2.40. The van der Waals surface area contributed by atoms with Crippen molar-refractivity contribution < 1.29 is 18.3 Å². The summed E-state index contributed by atoms with van der Waals surface area (Å²) in [4.78, 5) is 13.1. The maximum absolute atomic E-state index is 11.8. The van der Waals surface area contributed by atoms with Gasteiger partial charge in [-0.05, 0) is 24.6 Å². The molecule has 0 atom stereocenters. The van der Waals surface area contributed by atoms with Gasteiger partial charge in [0.2, 0.25) is 0 Å². The molecule has 0 saturated carbocycles. The zero-order chi connectivity index (χ0) is 13.2. The van der Waals surface area contributed by atoms with Gasteiger partial charge in [-0.25, -0.2) is 18.2 Å². The SMILES string of the molecule is Cc1ccc(S(=O)(=O)NN(C)C)cc1C(=O)O. The number of nitrogens with one attached hydrogen (secondary N) is 1. The highest BCUT2D eigenvalue weighted by Crippen LogP contribution is 2.15. The van der Waals surface area contributed by atoms with Crippen LogP contribution < -0.4 is 4.83 Å². The molecule has 0 bridgehead atoms. The number of carboxylic acids is 1. The Balaban J connectivity index is 3.25. The highest BCUT2D eigenvalue weighted by Gasteiger charge is 2.18. The van der Waals surface area contributed by atoms with Crippen molar-refractivity contribution in [2.24, 2.45) is 0 Å². The fourth-order valence-electron chi connectivity index (χ4n) is 1.29. The van der Waals surface area contributed by atoms with E-state index in [2.05, 4.69) is 4.83 Å². The lowest BCUT2D eigenvalue weighted by atomic mass is 10.1. The first-order valence-electron chi connectivity index (χ1n) is 4.78. The Morgan fingerprint density at radius 3 is 2.41 bits per heavy atom. The summed E-state index contributed by atoms with van der Waals surface area (Å²) in [5.74, 6) is -1.15. The standard InChI is InChI=1S/C10H14N2O4S/c1-7-4-5-8(6-9(7)10(13)14)17(15,16)11-12(2)3/h4-6,11H,1-3H3,(H,13,14). The number of nitrogens with zero attached hydrogens (tertiary/aromatic N) is 1. The predicted octanol–water partition coefficient (Wildman–Crippen LogP) is 0.448. The molecule has 0 radical (unpaired) electrons. The third-order valence-corrected chi connectivity index (χ3v) is 3.53. The van der Waals surface area contributed by atoms with Crippen LogP contribution in [0.2, 0.25) is 0 Å². The molecular formula is C10H14N2O4S. The van der Waals surface area contributed by atoms with Crippen molar-refractivity contribution in [1.82, 2.24) is 9.84 Å². The summed E-state index contributed by atoms with van der Waals surface area (Å²) in [5.41, 5.74) is 0.493. The lowest BCUT2D eigenvalue weighted by molar-refractivity contribution is 0.0696. The first-order valence-corrected chi connectivity index (χ1v) is 6.26. The van der Waals surface area contributed by atoms with Crippen LogP contribution >= 0.6 is 0 Å². The molecule has 1 aromatic carbocycles. The van der Waals surface area contributed by atoms with Gasteiger partial charge in [0.25, 0.3) is 10.0 Å². The third-order valence-electron chi connectivity index (χ3n) is 2.05. The van der Waals surface area contributed by atoms with Crippen LogP contribution in [-0.2, 0) is 10.0 Å². The van der Waals surface area contributed by atoms with Gasteiger partial charge in [-0.15, -0.1) is 4.83 Å². The fraction of sp³-hybridized carbons (Fsp3) is 0.300. The summed E-state index contributed by atoms with van der Waals surface area (Å²) in [5, 5.41) is 10.2. The van der Waals surface area contributed by atoms with Gasteiger partial charge in [-0.1, -0.05) is 6.07 Å². The molecule has 0 unspecified atom stereocenters. The molecule has 6 nitrogen and oxygen atoms in total. The lowest BCUT2D eigenvalue weighted by Gasteiger charge is -2.13. The van der Waals surface area contributed by atoms with Crippen molar-refractivity contribution in [3.05, 3.63) is 29.3 Å². The van der Waals surface area contributed by atoms with Gasteiger partial charge in [-0.2, -0.15) is 0 Å². The van der Waals surface area contributed by atoms with Gasteiger partial charge in [0, 0.05) is 14.1 Å². The number of hydrazine groups is 1. The van der Waals surface area contributed by atoms with E-state index in [4.69, 9.17) is 5.11 Å². The highest BCUT2D eigenvalue weighted by molar-refractivity contribution is 7.89. The second-order valence-electron chi connectivity index (χ2n) is 3.77. The molecule has 1 aromatic rings. The number of benzene rings is 1. The molecule has 0 heterocycles. The molecule has 0 spiro atoms. The van der Waals surface area contributed by atoms with E-state index < -0.39 is 16.0 Å². The number of aryl methyl sites for hydroxylation is 1. The first kappa shape index (κ1) is 13.6. The van der Waals surface area contributed by atoms with Crippen LogP contribution in [0, 0.1) is 6.92 Å². The zero-order valence-electron chi connectivity index (χ0n) is 9.76. The van der Waals surface area contributed by atoms with Gasteiger partial charge in [0.05, 0.1) is 10.5 Å². The van der Waals surface area contributed by atoms with Crippen molar-refractivity contribution in [2.45, 2.75) is 11.8 Å². The van der Waals surface area contributed by atoms with E-state index in [1.165, 1.54) is 31.2 Å². The van der Waals surface area contributed by atoms with Crippen molar-refractivity contribution >= 4 is 16.0 Å². The minimum Gasteiger partial charge on any atom is -0.478 e. The highest BCUT2D eigenvalue weighted by atomic mass is 32.2. The maximum Gasteiger partial charge on any atom is 0.335 e. The number of hydrogen-bond acceptors (Lipinski definition) is 4. The average Bonchev–Trinajstić information content (AvgIpc) is 2.15. The molecule has 1 rings (SSSR count). The summed E-state index contributed by atoms with van der Waals surface area (Å²) in [6, 6.07) is 3.98. The van der Waals surface area contributed by atoms with Crippen molar-refractivity contribution in [3.63, 3.8) is 0 Å². The molecule has 0 aliphatic heterocycles. The Hall–Kier alpha value is -1.44. The Kier molecular flexibility index (Phi) is 3.87. The van der Waals surface area contributed by atoms with E-state index in [9.17, 15) is 13.2 Å². The Bertz CT molecular complexity index is 537. The number of aromatic carboxylic acids is 1. The van der Waals surface area contributed by atoms with Crippen LogP contribution in [0.1, 0.15) is 15.9 Å². The van der Waals surface area contributed by atoms with Gasteiger partial charge < -0.3 is 5.11 Å². The molecule has 94 valence electrons. The van der Waals surface area contributed by atoms with Crippen LogP contribution in [-0.4, -0.2) is 38.6 Å². The summed E-state index contributed by atoms with van der Waals surface area (Å²) < 4.78 is 23.6. The summed E-state index contributed by atoms with van der Waals surface area (Å²) in [7, 11) is -0.657. The number of carboxylic acid groups (broad SMARTS) is 1. The van der Waals surface area contributed by atoms with Crippen LogP contribution in [0.4, 0.5) is 0 Å². The monoisotopic (exact) mass is 258 g/mol. The summed E-state index contributed by atoms with van der Waals surface area (Å²) in [6.45, 7) is 1.61. The minimum atomic E-state index is -3.72. The van der Waals surface area contributed by atoms with Gasteiger partial charge in [0.1, 0.15) is 0 Å². The zero-order valence-corrected chi connectivity index (χ0v) is 10.6. The normalized spacial score (nSPS) is 11.8. The van der Waals surface area contributed by atoms with Crippen LogP contribution in [0.5, 0.6) is 0 Å². The smallest absolute Gasteiger partial charge is 0.335 e. The topological polar surface area (TPSA) is 86.7 Å². The average molecular weight is 258 g/mol. The van der Waals surface area contributed by atoms with Crippen LogP contribution in [0.25, 0.3) is 0 Å². The Morgan fingerprint density at radius 1 is 1.35 bits per heavy atom. The van der Waals surface area contributed by atoms with Gasteiger partial charge >= 0.3 is 5.97 Å².